The maximum absolute atomic E-state index is 14.7. The highest BCUT2D eigenvalue weighted by Gasteiger charge is 2.42. The molecule has 2 saturated heterocycles. The Labute approximate surface area is 500 Å². The van der Waals surface area contributed by atoms with Crippen LogP contribution in [0.2, 0.25) is 36.3 Å². The van der Waals surface area contributed by atoms with Crippen LogP contribution >= 0.6 is 21.6 Å². The van der Waals surface area contributed by atoms with Crippen LogP contribution < -0.4 is 29.6 Å². The minimum atomic E-state index is -2.18. The Morgan fingerprint density at radius 3 is 1.58 bits per heavy atom. The summed E-state index contributed by atoms with van der Waals surface area (Å²) in [5.74, 6) is 0.493. The van der Waals surface area contributed by atoms with Gasteiger partial charge in [0.2, 0.25) is 0 Å². The molecule has 2 aliphatic heterocycles. The first-order valence-electron chi connectivity index (χ1n) is 27.9. The molecule has 3 atom stereocenters. The van der Waals surface area contributed by atoms with E-state index in [0.717, 1.165) is 11.1 Å². The number of nitro groups is 1. The highest BCUT2D eigenvalue weighted by atomic mass is 33.1. The zero-order valence-corrected chi connectivity index (χ0v) is 55.1. The van der Waals surface area contributed by atoms with Crippen LogP contribution in [0.4, 0.5) is 26.7 Å². The van der Waals surface area contributed by atoms with Crippen molar-refractivity contribution in [2.75, 3.05) is 71.0 Å². The third-order valence-corrected chi connectivity index (χ3v) is 26.8. The summed E-state index contributed by atoms with van der Waals surface area (Å²) in [6.45, 7) is 39.1. The molecule has 0 radical (unpaired) electrons. The van der Waals surface area contributed by atoms with Crippen LogP contribution in [0.3, 0.4) is 0 Å². The summed E-state index contributed by atoms with van der Waals surface area (Å²) in [5, 5.41) is 16.9. The van der Waals surface area contributed by atoms with Crippen LogP contribution in [0.15, 0.2) is 71.9 Å². The highest BCUT2D eigenvalue weighted by molar-refractivity contribution is 8.76. The van der Waals surface area contributed by atoms with Gasteiger partial charge in [0.1, 0.15) is 23.4 Å². The van der Waals surface area contributed by atoms with Gasteiger partial charge in [0, 0.05) is 36.5 Å². The number of carbonyl (C=O) groups is 4. The number of unbranched alkanes of at least 4 members (excludes halogenated alkanes) is 2. The largest absolute Gasteiger partial charge is 0.493 e. The van der Waals surface area contributed by atoms with Gasteiger partial charge in [-0.05, 0) is 125 Å². The van der Waals surface area contributed by atoms with E-state index in [0.29, 0.717) is 74.9 Å². The van der Waals surface area contributed by atoms with Crippen LogP contribution in [0.5, 0.6) is 23.0 Å². The van der Waals surface area contributed by atoms with Gasteiger partial charge in [-0.3, -0.25) is 30.3 Å². The number of anilines is 2. The molecule has 0 spiro atoms. The molecule has 2 aliphatic rings. The molecule has 83 heavy (non-hydrogen) atoms. The lowest BCUT2D eigenvalue weighted by atomic mass is 10.1. The van der Waals surface area contributed by atoms with E-state index in [-0.39, 0.29) is 98.7 Å². The smallest absolute Gasteiger partial charge is 0.412 e. The first-order chi connectivity index (χ1) is 38.6. The average Bonchev–Trinajstić information content (AvgIpc) is 3.35. The van der Waals surface area contributed by atoms with Crippen molar-refractivity contribution in [3.05, 3.63) is 88.1 Å². The summed E-state index contributed by atoms with van der Waals surface area (Å²) in [5.41, 5.74) is 1.57. The van der Waals surface area contributed by atoms with Crippen LogP contribution in [-0.2, 0) is 18.3 Å². The maximum Gasteiger partial charge on any atom is 0.412 e. The number of nitrogens with zero attached hydrogens (tertiary/aromatic N) is 4. The first kappa shape index (κ1) is 68.0. The summed E-state index contributed by atoms with van der Waals surface area (Å²) < 4.78 is 48.6. The lowest BCUT2D eigenvalue weighted by molar-refractivity contribution is -0.385. The van der Waals surface area contributed by atoms with Crippen LogP contribution in [0.25, 0.3) is 0 Å². The normalized spacial score (nSPS) is 16.3. The SMILES string of the molecule is C=C1C[C@@H](CO[Si](C)(C)C(C)(C)C)N(C(=O)c2cc(OC)c(OCCCCCOc3cc(NC(=O)OC(C)(C)C)c(C(=O)N4CC(=C)C[C@H]4CO[Si](C)(C)C(C)(C)C)cc3OC)cc2NC(=O)OC[C@@H](C)SSc2ccc([N+](=O)[O-])cn2)C1. The summed E-state index contributed by atoms with van der Waals surface area (Å²) in [4.78, 5) is 74.2. The minimum Gasteiger partial charge on any atom is -0.493 e. The quantitative estimate of drug-likeness (QED) is 0.0190. The Balaban J connectivity index is 1.29. The van der Waals surface area contributed by atoms with E-state index >= 15 is 0 Å². The molecule has 5 rings (SSSR count). The fourth-order valence-electron chi connectivity index (χ4n) is 8.29. The number of likely N-dealkylation sites (tertiary alicyclic amines) is 2. The number of rotatable bonds is 26. The highest BCUT2D eigenvalue weighted by Crippen LogP contribution is 2.42. The van der Waals surface area contributed by atoms with Gasteiger partial charge in [-0.1, -0.05) is 76.6 Å². The second kappa shape index (κ2) is 28.9. The molecular formula is C59H88N6O14S2Si2. The molecular weight excluding hydrogens is 1140 g/mol. The van der Waals surface area contributed by atoms with Gasteiger partial charge in [-0.2, -0.15) is 0 Å². The Hall–Kier alpha value is -5.80. The van der Waals surface area contributed by atoms with E-state index in [9.17, 15) is 29.3 Å². The van der Waals surface area contributed by atoms with Gasteiger partial charge in [0.05, 0.1) is 80.2 Å². The summed E-state index contributed by atoms with van der Waals surface area (Å²) in [6, 6.07) is 8.66. The zero-order chi connectivity index (χ0) is 61.8. The summed E-state index contributed by atoms with van der Waals surface area (Å²) in [6.07, 6.45) is 2.61. The molecule has 3 aromatic rings. The average molecular weight is 1230 g/mol. The van der Waals surface area contributed by atoms with Crippen LogP contribution in [0, 0.1) is 10.1 Å². The van der Waals surface area contributed by atoms with Gasteiger partial charge in [-0.15, -0.1) is 0 Å². The van der Waals surface area contributed by atoms with Gasteiger partial charge >= 0.3 is 12.2 Å². The monoisotopic (exact) mass is 1220 g/mol. The number of carbonyl (C=O) groups excluding carboxylic acids is 4. The lowest BCUT2D eigenvalue weighted by Gasteiger charge is -2.38. The van der Waals surface area contributed by atoms with E-state index in [1.807, 2.05) is 6.92 Å². The van der Waals surface area contributed by atoms with Crippen LogP contribution in [0.1, 0.15) is 122 Å². The van der Waals surface area contributed by atoms with E-state index in [1.165, 1.54) is 48.1 Å². The molecule has 0 unspecified atom stereocenters. The number of pyridine rings is 1. The number of methoxy groups -OCH3 is 2. The fourth-order valence-corrected chi connectivity index (χ4v) is 12.2. The van der Waals surface area contributed by atoms with Crippen molar-refractivity contribution in [2.24, 2.45) is 0 Å². The Morgan fingerprint density at radius 1 is 0.723 bits per heavy atom. The maximum atomic E-state index is 14.7. The number of benzene rings is 2. The van der Waals surface area contributed by atoms with Crippen molar-refractivity contribution in [2.45, 2.75) is 166 Å². The third-order valence-electron chi connectivity index (χ3n) is 15.0. The van der Waals surface area contributed by atoms with Crippen molar-refractivity contribution in [3.63, 3.8) is 0 Å². The summed E-state index contributed by atoms with van der Waals surface area (Å²) in [7, 11) is 1.32. The Bertz CT molecular complexity index is 2820. The fraction of sp³-hybridized carbons (Fsp3) is 0.576. The van der Waals surface area contributed by atoms with Crippen molar-refractivity contribution in [3.8, 4) is 23.0 Å². The summed E-state index contributed by atoms with van der Waals surface area (Å²) >= 11 is 0. The molecule has 2 N–H and O–H groups in total. The van der Waals surface area contributed by atoms with Gasteiger partial charge in [-0.25, -0.2) is 14.6 Å². The predicted molar refractivity (Wildman–Crippen MR) is 333 cm³/mol. The zero-order valence-electron chi connectivity index (χ0n) is 51.5. The van der Waals surface area contributed by atoms with Crippen molar-refractivity contribution in [1.29, 1.82) is 0 Å². The van der Waals surface area contributed by atoms with Gasteiger partial charge in [0.25, 0.3) is 17.5 Å². The number of ether oxygens (including phenoxy) is 6. The molecule has 20 nitrogen and oxygen atoms in total. The van der Waals surface area contributed by atoms with E-state index in [2.05, 4.69) is 96.5 Å². The third kappa shape index (κ3) is 19.4. The van der Waals surface area contributed by atoms with Crippen LogP contribution in [-0.4, -0.2) is 144 Å². The van der Waals surface area contributed by atoms with Crippen molar-refractivity contribution < 1.29 is 61.4 Å². The van der Waals surface area contributed by atoms with Crippen molar-refractivity contribution >= 4 is 79.3 Å². The topological polar surface area (TPSA) is 229 Å². The molecule has 1 aromatic heterocycles. The standard InChI is InChI=1S/C59H88N6O14S2Si2/c1-38-26-42(36-77-82(15,16)58(7,8)9)63(33-38)53(66)44-28-48(72-13)50(30-46(44)61-55(68)76-35-40(3)80-81-52-23-22-41(32-60-52)65(70)71)74-24-20-19-21-25-75-51-31-47(62-56(69)79-57(4,5)6)45(29-49(51)73-14)54(67)64-34-39(2)27-43(64)37-78-83(17,18)59(10,11)12/h22-23,28-32,40,42-43H,1-2,19-21,24-27,33-37H2,3-18H3,(H,61,68)(H,62,69)/t40-,42+,43+/m1/s1. The molecule has 0 bridgehead atoms. The van der Waals surface area contributed by atoms with Crippen molar-refractivity contribution in [1.82, 2.24) is 14.8 Å². The number of nitrogens with one attached hydrogen (secondary N) is 2. The number of hydrogen-bond acceptors (Lipinski definition) is 17. The van der Waals surface area contributed by atoms with E-state index in [4.69, 9.17) is 37.3 Å². The van der Waals surface area contributed by atoms with Gasteiger partial charge in [0.15, 0.2) is 39.6 Å². The second-order valence-electron chi connectivity index (χ2n) is 25.0. The van der Waals surface area contributed by atoms with Gasteiger partial charge < -0.3 is 47.1 Å². The molecule has 2 aromatic carbocycles. The molecule has 2 fully saturated rings. The predicted octanol–water partition coefficient (Wildman–Crippen LogP) is 13.9. The molecule has 3 heterocycles. The lowest BCUT2D eigenvalue weighted by Crippen LogP contribution is -2.46. The second-order valence-corrected chi connectivity index (χ2v) is 37.3. The number of aromatic nitrogens is 1. The first-order valence-corrected chi connectivity index (χ1v) is 36.0. The molecule has 458 valence electrons. The number of hydrogen-bond donors (Lipinski definition) is 2. The molecule has 0 saturated carbocycles. The van der Waals surface area contributed by atoms with E-state index < -0.39 is 39.3 Å². The minimum absolute atomic E-state index is 0.00618. The molecule has 0 aliphatic carbocycles. The van der Waals surface area contributed by atoms with E-state index in [1.54, 1.807) is 60.9 Å². The number of amides is 4. The molecule has 24 heteroatoms. The molecule has 4 amide bonds. The Morgan fingerprint density at radius 2 is 1.18 bits per heavy atom. The Kier molecular flexibility index (Phi) is 23.6.